The molecule has 154 valence electrons. The molecule has 1 aromatic carbocycles. The molecule has 0 unspecified atom stereocenters. The topological polar surface area (TPSA) is 94.6 Å². The fourth-order valence-electron chi connectivity index (χ4n) is 3.66. The molecule has 1 aromatic heterocycles. The predicted molar refractivity (Wildman–Crippen MR) is 111 cm³/mol. The number of fused-ring (bicyclic) bond motifs is 1. The molecule has 2 aromatic rings. The molecule has 0 aliphatic carbocycles. The van der Waals surface area contributed by atoms with Gasteiger partial charge in [0.25, 0.3) is 0 Å². The molecule has 8 heteroatoms. The molecule has 3 rings (SSSR count). The highest BCUT2D eigenvalue weighted by atomic mass is 16.6. The maximum atomic E-state index is 12.2. The Morgan fingerprint density at radius 1 is 1.36 bits per heavy atom. The third kappa shape index (κ3) is 4.32. The molecule has 1 aliphatic heterocycles. The molecule has 3 N–H and O–H groups in total. The van der Waals surface area contributed by atoms with Gasteiger partial charge in [0.15, 0.2) is 0 Å². The van der Waals surface area contributed by atoms with Crippen molar-refractivity contribution >= 4 is 28.4 Å². The number of benzene rings is 1. The summed E-state index contributed by atoms with van der Waals surface area (Å²) in [7, 11) is 1.68. The van der Waals surface area contributed by atoms with Crippen LogP contribution in [0, 0.1) is 5.92 Å². The van der Waals surface area contributed by atoms with E-state index in [2.05, 4.69) is 22.2 Å². The molecule has 8 nitrogen and oxygen atoms in total. The van der Waals surface area contributed by atoms with Gasteiger partial charge in [-0.1, -0.05) is 6.92 Å². The van der Waals surface area contributed by atoms with Gasteiger partial charge in [-0.05, 0) is 38.8 Å². The number of ether oxygens (including phenoxy) is 2. The van der Waals surface area contributed by atoms with Crippen molar-refractivity contribution in [3.63, 3.8) is 0 Å². The summed E-state index contributed by atoms with van der Waals surface area (Å²) in [6.07, 6.45) is 1.47. The van der Waals surface area contributed by atoms with Gasteiger partial charge in [0.2, 0.25) is 0 Å². The van der Waals surface area contributed by atoms with Crippen LogP contribution in [0.5, 0.6) is 0 Å². The van der Waals surface area contributed by atoms with Gasteiger partial charge in [-0.2, -0.15) is 5.10 Å². The fraction of sp³-hybridized carbons (Fsp3) is 0.600. The van der Waals surface area contributed by atoms with Crippen molar-refractivity contribution in [2.24, 2.45) is 5.92 Å². The molecule has 0 bridgehead atoms. The first kappa shape index (κ1) is 20.3. The number of hydrogen-bond donors (Lipinski definition) is 2. The molecule has 2 atom stereocenters. The normalized spacial score (nSPS) is 20.0. The molecule has 28 heavy (non-hydrogen) atoms. The number of nitrogens with zero attached hydrogens (tertiary/aromatic N) is 3. The van der Waals surface area contributed by atoms with Gasteiger partial charge in [-0.3, -0.25) is 4.68 Å². The molecular formula is C20H31N5O3. The van der Waals surface area contributed by atoms with Crippen molar-refractivity contribution in [1.29, 1.82) is 0 Å². The Bertz CT molecular complexity index is 842. The minimum Gasteiger partial charge on any atom is -0.444 e. The molecular weight excluding hydrogens is 358 g/mol. The van der Waals surface area contributed by atoms with Crippen LogP contribution in [-0.2, 0) is 16.0 Å². The Kier molecular flexibility index (Phi) is 5.69. The SMILES string of the molecule is COCCn1ncc2c(N3C[C@@H](C)[C@@H](NC(=O)OC(C)(C)C)C3)c(N)ccc21. The molecule has 1 amide bonds. The summed E-state index contributed by atoms with van der Waals surface area (Å²) in [4.78, 5) is 14.4. The van der Waals surface area contributed by atoms with E-state index >= 15 is 0 Å². The summed E-state index contributed by atoms with van der Waals surface area (Å²) >= 11 is 0. The van der Waals surface area contributed by atoms with Crippen LogP contribution in [0.15, 0.2) is 18.3 Å². The summed E-state index contributed by atoms with van der Waals surface area (Å²) in [6.45, 7) is 10.5. The lowest BCUT2D eigenvalue weighted by Gasteiger charge is -2.23. The van der Waals surface area contributed by atoms with Gasteiger partial charge >= 0.3 is 6.09 Å². The monoisotopic (exact) mass is 389 g/mol. The molecule has 2 heterocycles. The van der Waals surface area contributed by atoms with E-state index in [0.717, 1.165) is 23.1 Å². The number of hydrogen-bond acceptors (Lipinski definition) is 6. The second-order valence-corrected chi connectivity index (χ2v) is 8.43. The third-order valence-electron chi connectivity index (χ3n) is 4.97. The van der Waals surface area contributed by atoms with Gasteiger partial charge in [-0.15, -0.1) is 0 Å². The van der Waals surface area contributed by atoms with Gasteiger partial charge < -0.3 is 25.4 Å². The van der Waals surface area contributed by atoms with E-state index in [1.165, 1.54) is 0 Å². The summed E-state index contributed by atoms with van der Waals surface area (Å²) in [6, 6.07) is 3.90. The fourth-order valence-corrected chi connectivity index (χ4v) is 3.66. The van der Waals surface area contributed by atoms with E-state index in [4.69, 9.17) is 15.2 Å². The quantitative estimate of drug-likeness (QED) is 0.764. The molecule has 0 radical (unpaired) electrons. The minimum absolute atomic E-state index is 0.00644. The number of nitrogen functional groups attached to an aromatic ring is 1. The van der Waals surface area contributed by atoms with Crippen molar-refractivity contribution in [2.75, 3.05) is 37.4 Å². The number of nitrogens with one attached hydrogen (secondary N) is 1. The third-order valence-corrected chi connectivity index (χ3v) is 4.97. The number of methoxy groups -OCH3 is 1. The van der Waals surface area contributed by atoms with Crippen molar-refractivity contribution in [1.82, 2.24) is 15.1 Å². The number of rotatable bonds is 5. The Morgan fingerprint density at radius 3 is 2.79 bits per heavy atom. The van der Waals surface area contributed by atoms with E-state index in [1.54, 1.807) is 7.11 Å². The number of alkyl carbamates (subject to hydrolysis) is 1. The number of nitrogens with two attached hydrogens (primary N) is 1. The average Bonchev–Trinajstić information content (AvgIpc) is 3.15. The van der Waals surface area contributed by atoms with Crippen LogP contribution in [0.1, 0.15) is 27.7 Å². The summed E-state index contributed by atoms with van der Waals surface area (Å²) in [5, 5.41) is 8.52. The molecule has 1 saturated heterocycles. The summed E-state index contributed by atoms with van der Waals surface area (Å²) < 4.78 is 12.5. The lowest BCUT2D eigenvalue weighted by Crippen LogP contribution is -2.42. The van der Waals surface area contributed by atoms with E-state index < -0.39 is 5.60 Å². The van der Waals surface area contributed by atoms with Crippen molar-refractivity contribution in [2.45, 2.75) is 45.9 Å². The van der Waals surface area contributed by atoms with E-state index in [1.807, 2.05) is 43.8 Å². The van der Waals surface area contributed by atoms with E-state index in [9.17, 15) is 4.79 Å². The highest BCUT2D eigenvalue weighted by Crippen LogP contribution is 2.36. The zero-order chi connectivity index (χ0) is 20.5. The van der Waals surface area contributed by atoms with Crippen molar-refractivity contribution < 1.29 is 14.3 Å². The highest BCUT2D eigenvalue weighted by Gasteiger charge is 2.33. The van der Waals surface area contributed by atoms with Crippen molar-refractivity contribution in [3.05, 3.63) is 18.3 Å². The maximum Gasteiger partial charge on any atom is 0.407 e. The highest BCUT2D eigenvalue weighted by molar-refractivity contribution is 5.98. The summed E-state index contributed by atoms with van der Waals surface area (Å²) in [5.41, 5.74) is 8.53. The van der Waals surface area contributed by atoms with Crippen LogP contribution in [-0.4, -0.2) is 54.3 Å². The Morgan fingerprint density at radius 2 is 2.11 bits per heavy atom. The van der Waals surface area contributed by atoms with Crippen LogP contribution in [0.4, 0.5) is 16.2 Å². The van der Waals surface area contributed by atoms with Gasteiger partial charge in [0, 0.05) is 25.6 Å². The second kappa shape index (κ2) is 7.87. The maximum absolute atomic E-state index is 12.2. The van der Waals surface area contributed by atoms with Crippen molar-refractivity contribution in [3.8, 4) is 0 Å². The zero-order valence-electron chi connectivity index (χ0n) is 17.4. The Hall–Kier alpha value is -2.48. The van der Waals surface area contributed by atoms with Gasteiger partial charge in [-0.25, -0.2) is 4.79 Å². The van der Waals surface area contributed by atoms with Crippen LogP contribution in [0.25, 0.3) is 10.9 Å². The molecule has 0 spiro atoms. The van der Waals surface area contributed by atoms with Crippen LogP contribution in [0.2, 0.25) is 0 Å². The number of amides is 1. The first-order valence-electron chi connectivity index (χ1n) is 9.67. The second-order valence-electron chi connectivity index (χ2n) is 8.43. The minimum atomic E-state index is -0.515. The largest absolute Gasteiger partial charge is 0.444 e. The lowest BCUT2D eigenvalue weighted by molar-refractivity contribution is 0.0499. The van der Waals surface area contributed by atoms with Crippen LogP contribution in [0.3, 0.4) is 0 Å². The summed E-state index contributed by atoms with van der Waals surface area (Å²) in [5.74, 6) is 0.269. The Labute approximate surface area is 165 Å². The van der Waals surface area contributed by atoms with Crippen LogP contribution < -0.4 is 16.0 Å². The number of anilines is 2. The molecule has 1 fully saturated rings. The number of carbonyl (C=O) groups is 1. The van der Waals surface area contributed by atoms with E-state index in [-0.39, 0.29) is 18.1 Å². The zero-order valence-corrected chi connectivity index (χ0v) is 17.4. The molecule has 0 saturated carbocycles. The molecule has 1 aliphatic rings. The number of carbonyl (C=O) groups excluding carboxylic acids is 1. The van der Waals surface area contributed by atoms with Gasteiger partial charge in [0.05, 0.1) is 42.3 Å². The van der Waals surface area contributed by atoms with Crippen LogP contribution >= 0.6 is 0 Å². The average molecular weight is 390 g/mol. The Balaban J connectivity index is 1.80. The first-order valence-corrected chi connectivity index (χ1v) is 9.67. The lowest BCUT2D eigenvalue weighted by atomic mass is 10.1. The first-order chi connectivity index (χ1) is 13.2. The van der Waals surface area contributed by atoms with Gasteiger partial charge in [0.1, 0.15) is 5.60 Å². The number of aromatic nitrogens is 2. The predicted octanol–water partition coefficient (Wildman–Crippen LogP) is 2.61. The van der Waals surface area contributed by atoms with E-state index in [0.29, 0.717) is 25.4 Å². The standard InChI is InChI=1S/C20H31N5O3/c1-13-11-24(12-16(13)23-19(26)28-20(2,3)4)18-14-10-22-25(8-9-27-5)17(14)7-6-15(18)21/h6-7,10,13,16H,8-9,11-12,21H2,1-5H3,(H,23,26)/t13-,16+/m1/s1. The smallest absolute Gasteiger partial charge is 0.407 e.